The first-order chi connectivity index (χ1) is 9.65. The van der Waals surface area contributed by atoms with Gasteiger partial charge >= 0.3 is 0 Å². The summed E-state index contributed by atoms with van der Waals surface area (Å²) in [6.07, 6.45) is 2.93. The van der Waals surface area contributed by atoms with Gasteiger partial charge in [-0.25, -0.2) is 9.98 Å². The highest BCUT2D eigenvalue weighted by Gasteiger charge is 1.99. The number of aliphatic imine (C=N–C) groups is 1. The highest BCUT2D eigenvalue weighted by molar-refractivity contribution is 5.79. The van der Waals surface area contributed by atoms with Crippen molar-refractivity contribution in [2.75, 3.05) is 20.2 Å². The normalized spacial score (nSPS) is 11.6. The molecule has 1 aromatic heterocycles. The Hall–Kier alpha value is -1.78. The predicted molar refractivity (Wildman–Crippen MR) is 83.1 cm³/mol. The Kier molecular flexibility index (Phi) is 7.47. The Morgan fingerprint density at radius 3 is 2.70 bits per heavy atom. The molecule has 1 heterocycles. The molecule has 112 valence electrons. The van der Waals surface area contributed by atoms with E-state index in [0.717, 1.165) is 31.0 Å². The van der Waals surface area contributed by atoms with Gasteiger partial charge in [-0.2, -0.15) is 0 Å². The SMILES string of the molecule is CCNC(=NCc1ccc(OC)nc1)NCCC(C)C. The highest BCUT2D eigenvalue weighted by atomic mass is 16.5. The fraction of sp³-hybridized carbons (Fsp3) is 0.600. The van der Waals surface area contributed by atoms with Gasteiger partial charge < -0.3 is 15.4 Å². The van der Waals surface area contributed by atoms with E-state index >= 15 is 0 Å². The lowest BCUT2D eigenvalue weighted by Gasteiger charge is -2.12. The van der Waals surface area contributed by atoms with E-state index in [-0.39, 0.29) is 0 Å². The molecule has 0 unspecified atom stereocenters. The number of guanidine groups is 1. The summed E-state index contributed by atoms with van der Waals surface area (Å²) in [5.41, 5.74) is 1.06. The van der Waals surface area contributed by atoms with Crippen molar-refractivity contribution in [2.45, 2.75) is 33.7 Å². The maximum atomic E-state index is 5.04. The minimum absolute atomic E-state index is 0.605. The third kappa shape index (κ3) is 6.41. The van der Waals surface area contributed by atoms with Crippen LogP contribution < -0.4 is 15.4 Å². The van der Waals surface area contributed by atoms with Crippen molar-refractivity contribution in [3.05, 3.63) is 23.9 Å². The van der Waals surface area contributed by atoms with E-state index in [0.29, 0.717) is 18.3 Å². The van der Waals surface area contributed by atoms with Crippen molar-refractivity contribution >= 4 is 5.96 Å². The number of ether oxygens (including phenoxy) is 1. The summed E-state index contributed by atoms with van der Waals surface area (Å²) in [5, 5.41) is 6.58. The summed E-state index contributed by atoms with van der Waals surface area (Å²) in [6, 6.07) is 3.83. The number of aromatic nitrogens is 1. The minimum Gasteiger partial charge on any atom is -0.481 e. The first-order valence-corrected chi connectivity index (χ1v) is 7.16. The molecule has 5 nitrogen and oxygen atoms in total. The predicted octanol–water partition coefficient (Wildman–Crippen LogP) is 2.19. The molecule has 0 aliphatic carbocycles. The number of nitrogens with one attached hydrogen (secondary N) is 2. The van der Waals surface area contributed by atoms with Gasteiger partial charge in [0, 0.05) is 25.4 Å². The number of methoxy groups -OCH3 is 1. The van der Waals surface area contributed by atoms with Gasteiger partial charge in [0.15, 0.2) is 5.96 Å². The van der Waals surface area contributed by atoms with Crippen molar-refractivity contribution in [1.82, 2.24) is 15.6 Å². The average Bonchev–Trinajstić information content (AvgIpc) is 2.45. The van der Waals surface area contributed by atoms with Crippen molar-refractivity contribution in [3.63, 3.8) is 0 Å². The average molecular weight is 278 g/mol. The van der Waals surface area contributed by atoms with Gasteiger partial charge in [0.25, 0.3) is 0 Å². The molecule has 2 N–H and O–H groups in total. The summed E-state index contributed by atoms with van der Waals surface area (Å²) in [7, 11) is 1.61. The van der Waals surface area contributed by atoms with Crippen LogP contribution in [0.1, 0.15) is 32.8 Å². The molecule has 1 rings (SSSR count). The Morgan fingerprint density at radius 1 is 1.35 bits per heavy atom. The number of hydrogen-bond acceptors (Lipinski definition) is 3. The lowest BCUT2D eigenvalue weighted by Crippen LogP contribution is -2.38. The van der Waals surface area contributed by atoms with Crippen LogP contribution in [0.15, 0.2) is 23.3 Å². The van der Waals surface area contributed by atoms with E-state index in [1.807, 2.05) is 12.1 Å². The molecule has 0 fully saturated rings. The van der Waals surface area contributed by atoms with E-state index in [4.69, 9.17) is 4.74 Å². The highest BCUT2D eigenvalue weighted by Crippen LogP contribution is 2.07. The van der Waals surface area contributed by atoms with Crippen molar-refractivity contribution in [3.8, 4) is 5.88 Å². The van der Waals surface area contributed by atoms with Crippen molar-refractivity contribution in [2.24, 2.45) is 10.9 Å². The van der Waals surface area contributed by atoms with Gasteiger partial charge in [-0.05, 0) is 24.8 Å². The summed E-state index contributed by atoms with van der Waals surface area (Å²) in [6.45, 7) is 8.89. The van der Waals surface area contributed by atoms with Crippen LogP contribution in [-0.4, -0.2) is 31.1 Å². The molecule has 20 heavy (non-hydrogen) atoms. The first kappa shape index (κ1) is 16.3. The second-order valence-electron chi connectivity index (χ2n) is 5.01. The molecule has 0 aliphatic rings. The lowest BCUT2D eigenvalue weighted by atomic mass is 10.1. The Morgan fingerprint density at radius 2 is 2.15 bits per heavy atom. The van der Waals surface area contributed by atoms with Crippen LogP contribution in [0, 0.1) is 5.92 Å². The van der Waals surface area contributed by atoms with Crippen molar-refractivity contribution < 1.29 is 4.74 Å². The molecule has 0 radical (unpaired) electrons. The standard InChI is InChI=1S/C15H26N4O/c1-5-16-15(17-9-8-12(2)3)19-11-13-6-7-14(20-4)18-10-13/h6-7,10,12H,5,8-9,11H2,1-4H3,(H2,16,17,19). The molecule has 0 amide bonds. The van der Waals surface area contributed by atoms with Crippen LogP contribution in [0.25, 0.3) is 0 Å². The number of nitrogens with zero attached hydrogens (tertiary/aromatic N) is 2. The molecular weight excluding hydrogens is 252 g/mol. The fourth-order valence-electron chi connectivity index (χ4n) is 1.62. The second-order valence-corrected chi connectivity index (χ2v) is 5.01. The molecule has 1 aromatic rings. The summed E-state index contributed by atoms with van der Waals surface area (Å²) in [5.74, 6) is 2.17. The zero-order chi connectivity index (χ0) is 14.8. The van der Waals surface area contributed by atoms with E-state index < -0.39 is 0 Å². The first-order valence-electron chi connectivity index (χ1n) is 7.16. The minimum atomic E-state index is 0.605. The van der Waals surface area contributed by atoms with E-state index in [1.165, 1.54) is 0 Å². The molecule has 0 aromatic carbocycles. The third-order valence-electron chi connectivity index (χ3n) is 2.78. The topological polar surface area (TPSA) is 58.5 Å². The fourth-order valence-corrected chi connectivity index (χ4v) is 1.62. The van der Waals surface area contributed by atoms with Crippen LogP contribution in [-0.2, 0) is 6.54 Å². The molecule has 0 saturated heterocycles. The van der Waals surface area contributed by atoms with E-state index in [9.17, 15) is 0 Å². The van der Waals surface area contributed by atoms with Gasteiger partial charge in [-0.1, -0.05) is 19.9 Å². The third-order valence-corrected chi connectivity index (χ3v) is 2.78. The van der Waals surface area contributed by atoms with Crippen LogP contribution in [0.2, 0.25) is 0 Å². The Labute approximate surface area is 121 Å². The molecule has 0 atom stereocenters. The van der Waals surface area contributed by atoms with Crippen LogP contribution in [0.5, 0.6) is 5.88 Å². The van der Waals surface area contributed by atoms with Gasteiger partial charge in [0.05, 0.1) is 13.7 Å². The lowest BCUT2D eigenvalue weighted by molar-refractivity contribution is 0.397. The molecule has 0 bridgehead atoms. The quantitative estimate of drug-likeness (QED) is 0.593. The van der Waals surface area contributed by atoms with Gasteiger partial charge in [-0.3, -0.25) is 0 Å². The van der Waals surface area contributed by atoms with E-state index in [2.05, 4.69) is 41.4 Å². The van der Waals surface area contributed by atoms with E-state index in [1.54, 1.807) is 13.3 Å². The maximum Gasteiger partial charge on any atom is 0.212 e. The smallest absolute Gasteiger partial charge is 0.212 e. The van der Waals surface area contributed by atoms with Crippen LogP contribution in [0.3, 0.4) is 0 Å². The van der Waals surface area contributed by atoms with Gasteiger partial charge in [0.2, 0.25) is 5.88 Å². The molecule has 5 heteroatoms. The molecule has 0 aliphatic heterocycles. The summed E-state index contributed by atoms with van der Waals surface area (Å²) in [4.78, 5) is 8.72. The van der Waals surface area contributed by atoms with Gasteiger partial charge in [0.1, 0.15) is 0 Å². The maximum absolute atomic E-state index is 5.04. The summed E-state index contributed by atoms with van der Waals surface area (Å²) < 4.78 is 5.04. The Bertz CT molecular complexity index is 401. The molecule has 0 spiro atoms. The zero-order valence-electron chi connectivity index (χ0n) is 12.9. The zero-order valence-corrected chi connectivity index (χ0v) is 12.9. The number of pyridine rings is 1. The van der Waals surface area contributed by atoms with Gasteiger partial charge in [-0.15, -0.1) is 0 Å². The monoisotopic (exact) mass is 278 g/mol. The second kappa shape index (κ2) is 9.18. The summed E-state index contributed by atoms with van der Waals surface area (Å²) >= 11 is 0. The molecular formula is C15H26N4O. The Balaban J connectivity index is 2.51. The largest absolute Gasteiger partial charge is 0.481 e. The van der Waals surface area contributed by atoms with Crippen LogP contribution >= 0.6 is 0 Å². The molecule has 0 saturated carbocycles. The number of hydrogen-bond donors (Lipinski definition) is 2. The van der Waals surface area contributed by atoms with Crippen LogP contribution in [0.4, 0.5) is 0 Å². The number of rotatable bonds is 7. The van der Waals surface area contributed by atoms with Crippen molar-refractivity contribution in [1.29, 1.82) is 0 Å².